The summed E-state index contributed by atoms with van der Waals surface area (Å²) in [4.78, 5) is 14.1. The molecule has 1 saturated heterocycles. The van der Waals surface area contributed by atoms with Gasteiger partial charge in [0.25, 0.3) is 0 Å². The number of likely N-dealkylation sites (N-methyl/N-ethyl adjacent to an activating group) is 1. The summed E-state index contributed by atoms with van der Waals surface area (Å²) in [5.41, 5.74) is 0.817. The summed E-state index contributed by atoms with van der Waals surface area (Å²) in [5.74, 6) is 0.836. The zero-order valence-electron chi connectivity index (χ0n) is 11.0. The lowest BCUT2D eigenvalue weighted by molar-refractivity contribution is -0.120. The van der Waals surface area contributed by atoms with Gasteiger partial charge in [-0.1, -0.05) is 18.6 Å². The van der Waals surface area contributed by atoms with E-state index in [1.165, 1.54) is 0 Å². The highest BCUT2D eigenvalue weighted by atomic mass is 16.5. The highest BCUT2D eigenvalue weighted by molar-refractivity contribution is 5.98. The van der Waals surface area contributed by atoms with E-state index in [0.717, 1.165) is 37.2 Å². The lowest BCUT2D eigenvalue weighted by Crippen LogP contribution is -2.47. The summed E-state index contributed by atoms with van der Waals surface area (Å²) in [7, 11) is 3.42. The zero-order valence-corrected chi connectivity index (χ0v) is 11.0. The number of methoxy groups -OCH3 is 1. The molecule has 1 aliphatic heterocycles. The number of amides is 1. The van der Waals surface area contributed by atoms with Gasteiger partial charge in [0.1, 0.15) is 5.75 Å². The van der Waals surface area contributed by atoms with Crippen molar-refractivity contribution in [3.05, 3.63) is 24.3 Å². The molecule has 1 unspecified atom stereocenters. The molecule has 1 heterocycles. The number of ether oxygens (including phenoxy) is 1. The molecule has 1 N–H and O–H groups in total. The molecule has 98 valence electrons. The minimum Gasteiger partial charge on any atom is -0.495 e. The number of carbonyl (C=O) groups is 1. The highest BCUT2D eigenvalue weighted by Gasteiger charge is 2.25. The second-order valence-electron chi connectivity index (χ2n) is 4.57. The largest absolute Gasteiger partial charge is 0.495 e. The number of carbonyl (C=O) groups excluding carboxylic acids is 1. The number of hydrogen-bond acceptors (Lipinski definition) is 3. The molecule has 4 heteroatoms. The van der Waals surface area contributed by atoms with E-state index in [1.807, 2.05) is 24.3 Å². The molecule has 1 aromatic carbocycles. The zero-order chi connectivity index (χ0) is 13.0. The first-order valence-electron chi connectivity index (χ1n) is 6.38. The van der Waals surface area contributed by atoms with Crippen LogP contribution >= 0.6 is 0 Å². The van der Waals surface area contributed by atoms with Crippen LogP contribution < -0.4 is 15.0 Å². The third-order valence-corrected chi connectivity index (χ3v) is 3.39. The van der Waals surface area contributed by atoms with Crippen LogP contribution in [0.4, 0.5) is 5.69 Å². The predicted octanol–water partition coefficient (Wildman–Crippen LogP) is 1.80. The molecule has 0 aromatic heterocycles. The number of piperidine rings is 1. The SMILES string of the molecule is COc1ccccc1N(C)C(=O)C1CCCCN1. The maximum absolute atomic E-state index is 12.4. The van der Waals surface area contributed by atoms with E-state index in [1.54, 1.807) is 19.1 Å². The summed E-state index contributed by atoms with van der Waals surface area (Å²) >= 11 is 0. The maximum Gasteiger partial charge on any atom is 0.243 e. The van der Waals surface area contributed by atoms with E-state index < -0.39 is 0 Å². The van der Waals surface area contributed by atoms with Crippen LogP contribution in [0.2, 0.25) is 0 Å². The molecule has 4 nitrogen and oxygen atoms in total. The van der Waals surface area contributed by atoms with Crippen molar-refractivity contribution >= 4 is 11.6 Å². The number of para-hydroxylation sites is 2. The van der Waals surface area contributed by atoms with Crippen LogP contribution in [0.15, 0.2) is 24.3 Å². The first-order valence-corrected chi connectivity index (χ1v) is 6.38. The van der Waals surface area contributed by atoms with Crippen LogP contribution in [-0.2, 0) is 4.79 Å². The number of anilines is 1. The molecule has 0 radical (unpaired) electrons. The van der Waals surface area contributed by atoms with Crippen LogP contribution in [-0.4, -0.2) is 32.7 Å². The Morgan fingerprint density at radius 2 is 2.17 bits per heavy atom. The van der Waals surface area contributed by atoms with Gasteiger partial charge in [-0.2, -0.15) is 0 Å². The van der Waals surface area contributed by atoms with Gasteiger partial charge in [0.05, 0.1) is 18.8 Å². The Morgan fingerprint density at radius 1 is 1.39 bits per heavy atom. The average molecular weight is 248 g/mol. The molecule has 1 aromatic rings. The Bertz CT molecular complexity index is 414. The number of hydrogen-bond donors (Lipinski definition) is 1. The van der Waals surface area contributed by atoms with Crippen LogP contribution in [0.5, 0.6) is 5.75 Å². The van der Waals surface area contributed by atoms with Gasteiger partial charge in [-0.05, 0) is 31.5 Å². The highest BCUT2D eigenvalue weighted by Crippen LogP contribution is 2.27. The van der Waals surface area contributed by atoms with Crippen molar-refractivity contribution < 1.29 is 9.53 Å². The van der Waals surface area contributed by atoms with Crippen molar-refractivity contribution in [2.24, 2.45) is 0 Å². The number of rotatable bonds is 3. The Morgan fingerprint density at radius 3 is 2.83 bits per heavy atom. The average Bonchev–Trinajstić information content (AvgIpc) is 2.46. The monoisotopic (exact) mass is 248 g/mol. The van der Waals surface area contributed by atoms with E-state index >= 15 is 0 Å². The third kappa shape index (κ3) is 2.64. The Labute approximate surface area is 108 Å². The first kappa shape index (κ1) is 12.9. The Balaban J connectivity index is 2.14. The van der Waals surface area contributed by atoms with Gasteiger partial charge >= 0.3 is 0 Å². The van der Waals surface area contributed by atoms with Crippen molar-refractivity contribution in [2.75, 3.05) is 25.6 Å². The fraction of sp³-hybridized carbons (Fsp3) is 0.500. The van der Waals surface area contributed by atoms with Gasteiger partial charge in [0, 0.05) is 7.05 Å². The molecule has 18 heavy (non-hydrogen) atoms. The molecule has 0 saturated carbocycles. The summed E-state index contributed by atoms with van der Waals surface area (Å²) < 4.78 is 5.29. The molecule has 1 fully saturated rings. The molecule has 1 atom stereocenters. The standard InChI is InChI=1S/C14H20N2O2/c1-16(12-8-3-4-9-13(12)18-2)14(17)11-7-5-6-10-15-11/h3-4,8-9,11,15H,5-7,10H2,1-2H3. The lowest BCUT2D eigenvalue weighted by Gasteiger charge is -2.28. The van der Waals surface area contributed by atoms with Gasteiger partial charge in [-0.25, -0.2) is 0 Å². The normalized spacial score (nSPS) is 19.3. The van der Waals surface area contributed by atoms with Gasteiger partial charge in [0.15, 0.2) is 0 Å². The summed E-state index contributed by atoms with van der Waals surface area (Å²) in [6, 6.07) is 7.52. The molecule has 2 rings (SSSR count). The summed E-state index contributed by atoms with van der Waals surface area (Å²) in [5, 5.41) is 3.27. The fourth-order valence-electron chi connectivity index (χ4n) is 2.32. The topological polar surface area (TPSA) is 41.6 Å². The molecule has 1 amide bonds. The van der Waals surface area contributed by atoms with Crippen LogP contribution in [0.1, 0.15) is 19.3 Å². The number of nitrogens with one attached hydrogen (secondary N) is 1. The second kappa shape index (κ2) is 5.87. The third-order valence-electron chi connectivity index (χ3n) is 3.39. The fourth-order valence-corrected chi connectivity index (χ4v) is 2.32. The smallest absolute Gasteiger partial charge is 0.243 e. The Kier molecular flexibility index (Phi) is 4.20. The van der Waals surface area contributed by atoms with Crippen LogP contribution in [0, 0.1) is 0 Å². The maximum atomic E-state index is 12.4. The number of nitrogens with zero attached hydrogens (tertiary/aromatic N) is 1. The van der Waals surface area contributed by atoms with Crippen molar-refractivity contribution in [1.29, 1.82) is 0 Å². The van der Waals surface area contributed by atoms with Crippen molar-refractivity contribution in [1.82, 2.24) is 5.32 Å². The quantitative estimate of drug-likeness (QED) is 0.887. The van der Waals surface area contributed by atoms with Crippen molar-refractivity contribution in [3.8, 4) is 5.75 Å². The molecule has 1 aliphatic rings. The first-order chi connectivity index (χ1) is 8.74. The van der Waals surface area contributed by atoms with Gasteiger partial charge in [0.2, 0.25) is 5.91 Å². The van der Waals surface area contributed by atoms with Crippen molar-refractivity contribution in [3.63, 3.8) is 0 Å². The molecular formula is C14H20N2O2. The second-order valence-corrected chi connectivity index (χ2v) is 4.57. The van der Waals surface area contributed by atoms with Crippen molar-refractivity contribution in [2.45, 2.75) is 25.3 Å². The van der Waals surface area contributed by atoms with Gasteiger partial charge < -0.3 is 15.0 Å². The van der Waals surface area contributed by atoms with Crippen LogP contribution in [0.3, 0.4) is 0 Å². The van der Waals surface area contributed by atoms with Gasteiger partial charge in [-0.15, -0.1) is 0 Å². The Hall–Kier alpha value is -1.55. The summed E-state index contributed by atoms with van der Waals surface area (Å²) in [6.45, 7) is 0.927. The molecule has 0 bridgehead atoms. The predicted molar refractivity (Wildman–Crippen MR) is 72.0 cm³/mol. The molecule has 0 aliphatic carbocycles. The minimum absolute atomic E-state index is 0.0614. The number of benzene rings is 1. The molecular weight excluding hydrogens is 228 g/mol. The van der Waals surface area contributed by atoms with E-state index in [4.69, 9.17) is 4.74 Å². The van der Waals surface area contributed by atoms with E-state index in [0.29, 0.717) is 0 Å². The van der Waals surface area contributed by atoms with E-state index in [2.05, 4.69) is 5.32 Å². The summed E-state index contributed by atoms with van der Waals surface area (Å²) in [6.07, 6.45) is 3.18. The van der Waals surface area contributed by atoms with Crippen LogP contribution in [0.25, 0.3) is 0 Å². The lowest BCUT2D eigenvalue weighted by atomic mass is 10.0. The minimum atomic E-state index is -0.0614. The van der Waals surface area contributed by atoms with E-state index in [9.17, 15) is 4.79 Å². The van der Waals surface area contributed by atoms with Gasteiger partial charge in [-0.3, -0.25) is 4.79 Å². The molecule has 0 spiro atoms. The van der Waals surface area contributed by atoms with E-state index in [-0.39, 0.29) is 11.9 Å².